The summed E-state index contributed by atoms with van der Waals surface area (Å²) in [6.45, 7) is 0. The van der Waals surface area contributed by atoms with Crippen molar-refractivity contribution in [3.63, 3.8) is 0 Å². The summed E-state index contributed by atoms with van der Waals surface area (Å²) in [5.41, 5.74) is -0.913. The average Bonchev–Trinajstić information content (AvgIpc) is 2.76. The summed E-state index contributed by atoms with van der Waals surface area (Å²) in [7, 11) is 0. The normalized spacial score (nSPS) is 10.1. The SMILES string of the molecule is O=C(Nc1cc(C(=O)O)[nH]n1)c1cc(O)[nH]c(=O)c1. The molecule has 19 heavy (non-hydrogen) atoms. The lowest BCUT2D eigenvalue weighted by Gasteiger charge is -2.01. The molecule has 0 aliphatic heterocycles. The zero-order valence-electron chi connectivity index (χ0n) is 9.30. The lowest BCUT2D eigenvalue weighted by molar-refractivity contribution is 0.0690. The van der Waals surface area contributed by atoms with E-state index in [4.69, 9.17) is 10.2 Å². The van der Waals surface area contributed by atoms with Crippen molar-refractivity contribution in [3.05, 3.63) is 39.8 Å². The van der Waals surface area contributed by atoms with Crippen molar-refractivity contribution < 1.29 is 19.8 Å². The standard InChI is InChI=1S/C10H8N4O5/c15-7-1-4(2-8(16)12-7)9(17)11-6-3-5(10(18)19)13-14-6/h1-3H,(H,18,19)(H2,12,15,16)(H2,11,13,14,17). The maximum atomic E-state index is 11.7. The van der Waals surface area contributed by atoms with E-state index < -0.39 is 23.3 Å². The number of aromatic amines is 2. The van der Waals surface area contributed by atoms with Crippen LogP contribution >= 0.6 is 0 Å². The van der Waals surface area contributed by atoms with Crippen molar-refractivity contribution in [2.24, 2.45) is 0 Å². The number of aromatic hydroxyl groups is 1. The molecule has 2 aromatic rings. The second kappa shape index (κ2) is 4.64. The third kappa shape index (κ3) is 2.77. The van der Waals surface area contributed by atoms with Crippen molar-refractivity contribution in [1.82, 2.24) is 15.2 Å². The second-order valence-electron chi connectivity index (χ2n) is 3.54. The third-order valence-corrected chi connectivity index (χ3v) is 2.14. The summed E-state index contributed by atoms with van der Waals surface area (Å²) in [5.74, 6) is -2.39. The first kappa shape index (κ1) is 12.4. The van der Waals surface area contributed by atoms with E-state index in [2.05, 4.69) is 20.5 Å². The molecule has 0 unspecified atom stereocenters. The van der Waals surface area contributed by atoms with Crippen LogP contribution < -0.4 is 10.9 Å². The van der Waals surface area contributed by atoms with Crippen LogP contribution in [-0.2, 0) is 0 Å². The number of nitrogens with one attached hydrogen (secondary N) is 3. The average molecular weight is 264 g/mol. The number of amides is 1. The quantitative estimate of drug-likeness (QED) is 0.516. The molecule has 0 fully saturated rings. The van der Waals surface area contributed by atoms with Crippen LogP contribution in [0.25, 0.3) is 0 Å². The Kier molecular flexibility index (Phi) is 3.02. The maximum absolute atomic E-state index is 11.7. The molecule has 2 aromatic heterocycles. The number of hydrogen-bond acceptors (Lipinski definition) is 5. The lowest BCUT2D eigenvalue weighted by atomic mass is 10.2. The van der Waals surface area contributed by atoms with E-state index in [0.29, 0.717) is 0 Å². The number of carboxylic acids is 1. The Hall–Kier alpha value is -3.10. The van der Waals surface area contributed by atoms with Gasteiger partial charge in [0.05, 0.1) is 5.56 Å². The van der Waals surface area contributed by atoms with Gasteiger partial charge in [0.25, 0.3) is 11.5 Å². The van der Waals surface area contributed by atoms with Crippen LogP contribution in [0.2, 0.25) is 0 Å². The molecule has 9 heteroatoms. The molecule has 0 saturated heterocycles. The molecule has 2 heterocycles. The first-order chi connectivity index (χ1) is 8.95. The molecule has 0 spiro atoms. The fraction of sp³-hybridized carbons (Fsp3) is 0. The van der Waals surface area contributed by atoms with Crippen molar-refractivity contribution in [2.45, 2.75) is 0 Å². The van der Waals surface area contributed by atoms with E-state index in [1.54, 1.807) is 0 Å². The molecule has 0 aromatic carbocycles. The molecule has 1 amide bonds. The fourth-order valence-corrected chi connectivity index (χ4v) is 1.34. The zero-order chi connectivity index (χ0) is 14.0. The van der Waals surface area contributed by atoms with Crippen LogP contribution in [-0.4, -0.2) is 37.3 Å². The van der Waals surface area contributed by atoms with Crippen molar-refractivity contribution in [3.8, 4) is 5.88 Å². The predicted molar refractivity (Wildman–Crippen MR) is 62.2 cm³/mol. The monoisotopic (exact) mass is 264 g/mol. The highest BCUT2D eigenvalue weighted by molar-refractivity contribution is 6.04. The predicted octanol–water partition coefficient (Wildman–Crippen LogP) is -0.246. The minimum atomic E-state index is -1.22. The third-order valence-electron chi connectivity index (χ3n) is 2.14. The Morgan fingerprint density at radius 1 is 1.26 bits per heavy atom. The van der Waals surface area contributed by atoms with Gasteiger partial charge < -0.3 is 15.5 Å². The van der Waals surface area contributed by atoms with Crippen LogP contribution in [0.4, 0.5) is 5.82 Å². The number of carboxylic acid groups (broad SMARTS) is 1. The summed E-state index contributed by atoms with van der Waals surface area (Å²) >= 11 is 0. The van der Waals surface area contributed by atoms with E-state index in [9.17, 15) is 14.4 Å². The molecular weight excluding hydrogens is 256 g/mol. The van der Waals surface area contributed by atoms with Gasteiger partial charge in [0.1, 0.15) is 5.69 Å². The number of nitrogens with zero attached hydrogens (tertiary/aromatic N) is 1. The van der Waals surface area contributed by atoms with Gasteiger partial charge in [-0.2, -0.15) is 5.10 Å². The van der Waals surface area contributed by atoms with Crippen LogP contribution in [0.1, 0.15) is 20.8 Å². The summed E-state index contributed by atoms with van der Waals surface area (Å²) in [4.78, 5) is 35.5. The Labute approximate surface area is 104 Å². The number of aromatic carboxylic acids is 1. The Morgan fingerprint density at radius 3 is 2.58 bits per heavy atom. The molecule has 0 saturated carbocycles. The molecule has 2 rings (SSSR count). The van der Waals surface area contributed by atoms with Crippen molar-refractivity contribution in [2.75, 3.05) is 5.32 Å². The molecule has 0 aliphatic carbocycles. The van der Waals surface area contributed by atoms with Crippen LogP contribution in [0.3, 0.4) is 0 Å². The lowest BCUT2D eigenvalue weighted by Crippen LogP contribution is -2.16. The summed E-state index contributed by atoms with van der Waals surface area (Å²) in [6, 6.07) is 3.16. The minimum absolute atomic E-state index is 0.0119. The first-order valence-electron chi connectivity index (χ1n) is 4.99. The highest BCUT2D eigenvalue weighted by atomic mass is 16.4. The van der Waals surface area contributed by atoms with E-state index in [-0.39, 0.29) is 17.1 Å². The Balaban J connectivity index is 2.20. The van der Waals surface area contributed by atoms with Gasteiger partial charge in [-0.25, -0.2) is 4.79 Å². The van der Waals surface area contributed by atoms with E-state index in [1.807, 2.05) is 0 Å². The number of hydrogen-bond donors (Lipinski definition) is 5. The number of pyridine rings is 1. The number of aromatic nitrogens is 3. The minimum Gasteiger partial charge on any atom is -0.494 e. The van der Waals surface area contributed by atoms with Crippen LogP contribution in [0, 0.1) is 0 Å². The highest BCUT2D eigenvalue weighted by Gasteiger charge is 2.12. The van der Waals surface area contributed by atoms with Crippen LogP contribution in [0.15, 0.2) is 23.0 Å². The van der Waals surface area contributed by atoms with E-state index >= 15 is 0 Å². The zero-order valence-corrected chi connectivity index (χ0v) is 9.30. The Bertz CT molecular complexity index is 702. The van der Waals surface area contributed by atoms with Crippen molar-refractivity contribution in [1.29, 1.82) is 0 Å². The van der Waals surface area contributed by atoms with Crippen LogP contribution in [0.5, 0.6) is 5.88 Å². The van der Waals surface area contributed by atoms with Gasteiger partial charge >= 0.3 is 5.97 Å². The second-order valence-corrected chi connectivity index (χ2v) is 3.54. The van der Waals surface area contributed by atoms with E-state index in [1.165, 1.54) is 0 Å². The maximum Gasteiger partial charge on any atom is 0.353 e. The summed E-state index contributed by atoms with van der Waals surface area (Å²) < 4.78 is 0. The molecule has 0 atom stereocenters. The van der Waals surface area contributed by atoms with Gasteiger partial charge in [-0.3, -0.25) is 19.7 Å². The van der Waals surface area contributed by atoms with Gasteiger partial charge in [-0.1, -0.05) is 0 Å². The first-order valence-corrected chi connectivity index (χ1v) is 4.99. The Morgan fingerprint density at radius 2 is 2.00 bits per heavy atom. The molecular formula is C10H8N4O5. The van der Waals surface area contributed by atoms with Crippen molar-refractivity contribution >= 4 is 17.7 Å². The number of carbonyl (C=O) groups excluding carboxylic acids is 1. The van der Waals surface area contributed by atoms with Gasteiger partial charge in [0.2, 0.25) is 0 Å². The highest BCUT2D eigenvalue weighted by Crippen LogP contribution is 2.09. The summed E-state index contributed by atoms with van der Waals surface area (Å²) in [5, 5.41) is 25.9. The molecule has 0 radical (unpaired) electrons. The number of rotatable bonds is 3. The topological polar surface area (TPSA) is 148 Å². The molecule has 0 bridgehead atoms. The largest absolute Gasteiger partial charge is 0.494 e. The van der Waals surface area contributed by atoms with Gasteiger partial charge in [0, 0.05) is 18.2 Å². The number of carbonyl (C=O) groups is 2. The molecule has 9 nitrogen and oxygen atoms in total. The smallest absolute Gasteiger partial charge is 0.353 e. The molecule has 98 valence electrons. The molecule has 5 N–H and O–H groups in total. The molecule has 0 aliphatic rings. The number of anilines is 1. The summed E-state index contributed by atoms with van der Waals surface area (Å²) in [6.07, 6.45) is 0. The van der Waals surface area contributed by atoms with Gasteiger partial charge in [-0.05, 0) is 0 Å². The van der Waals surface area contributed by atoms with E-state index in [0.717, 1.165) is 18.2 Å². The fourth-order valence-electron chi connectivity index (χ4n) is 1.34. The van der Waals surface area contributed by atoms with Gasteiger partial charge in [-0.15, -0.1) is 0 Å². The van der Waals surface area contributed by atoms with Gasteiger partial charge in [0.15, 0.2) is 11.7 Å². The number of H-pyrrole nitrogens is 2.